The van der Waals surface area contributed by atoms with Crippen molar-refractivity contribution >= 4 is 23.6 Å². The van der Waals surface area contributed by atoms with Crippen LogP contribution in [-0.4, -0.2) is 11.9 Å². The minimum Gasteiger partial charge on any atom is -0.472 e. The lowest BCUT2D eigenvalue weighted by Gasteiger charge is -2.16. The van der Waals surface area contributed by atoms with Gasteiger partial charge in [-0.25, -0.2) is 9.59 Å². The van der Waals surface area contributed by atoms with Crippen molar-refractivity contribution in [3.05, 3.63) is 59.5 Å². The van der Waals surface area contributed by atoms with Gasteiger partial charge in [-0.05, 0) is 18.2 Å². The normalized spacial score (nSPS) is 16.6. The van der Waals surface area contributed by atoms with Gasteiger partial charge < -0.3 is 9.15 Å². The zero-order chi connectivity index (χ0) is 12.5. The first-order valence-corrected chi connectivity index (χ1v) is 5.35. The maximum atomic E-state index is 11.8. The molecule has 4 nitrogen and oxygen atoms in total. The molecule has 1 aliphatic heterocycles. The van der Waals surface area contributed by atoms with E-state index in [-0.39, 0.29) is 0 Å². The summed E-state index contributed by atoms with van der Waals surface area (Å²) in [7, 11) is 0. The number of carbonyl (C=O) groups excluding carboxylic acids is 2. The second kappa shape index (κ2) is 4.00. The maximum Gasteiger partial charge on any atom is 0.346 e. The Balaban J connectivity index is 2.18. The van der Waals surface area contributed by atoms with E-state index in [4.69, 9.17) is 9.15 Å². The third kappa shape index (κ3) is 1.64. The van der Waals surface area contributed by atoms with Crippen molar-refractivity contribution in [2.45, 2.75) is 0 Å². The van der Waals surface area contributed by atoms with Crippen LogP contribution in [0.4, 0.5) is 0 Å². The molecule has 88 valence electrons. The minimum atomic E-state index is -0.639. The van der Waals surface area contributed by atoms with E-state index >= 15 is 0 Å². The van der Waals surface area contributed by atoms with E-state index < -0.39 is 11.9 Å². The summed E-state index contributed by atoms with van der Waals surface area (Å²) >= 11 is 0. The fourth-order valence-electron chi connectivity index (χ4n) is 1.86. The van der Waals surface area contributed by atoms with Gasteiger partial charge in [0.25, 0.3) is 0 Å². The number of hydrogen-bond acceptors (Lipinski definition) is 4. The number of benzene rings is 1. The molecule has 1 aliphatic rings. The van der Waals surface area contributed by atoms with Crippen LogP contribution in [0.3, 0.4) is 0 Å². The van der Waals surface area contributed by atoms with E-state index in [1.54, 1.807) is 36.4 Å². The fourth-order valence-corrected chi connectivity index (χ4v) is 1.86. The van der Waals surface area contributed by atoms with Gasteiger partial charge in [-0.3, -0.25) is 0 Å². The lowest BCUT2D eigenvalue weighted by molar-refractivity contribution is -0.131. The van der Waals surface area contributed by atoms with E-state index in [9.17, 15) is 9.59 Å². The molecule has 18 heavy (non-hydrogen) atoms. The average Bonchev–Trinajstić information content (AvgIpc) is 2.87. The number of fused-ring (bicyclic) bond motifs is 1. The van der Waals surface area contributed by atoms with E-state index in [2.05, 4.69) is 0 Å². The third-order valence-electron chi connectivity index (χ3n) is 2.70. The van der Waals surface area contributed by atoms with Crippen LogP contribution in [0.25, 0.3) is 11.6 Å². The summed E-state index contributed by atoms with van der Waals surface area (Å²) in [6, 6.07) is 8.57. The van der Waals surface area contributed by atoms with Crippen molar-refractivity contribution in [2.75, 3.05) is 0 Å². The predicted octanol–water partition coefficient (Wildman–Crippen LogP) is 2.52. The van der Waals surface area contributed by atoms with Crippen molar-refractivity contribution < 1.29 is 18.7 Å². The highest BCUT2D eigenvalue weighted by molar-refractivity contribution is 6.29. The minimum absolute atomic E-state index is 0.353. The van der Waals surface area contributed by atoms with Gasteiger partial charge >= 0.3 is 11.9 Å². The number of furan rings is 1. The molecular formula is C14H8O4. The van der Waals surface area contributed by atoms with Crippen LogP contribution >= 0.6 is 0 Å². The van der Waals surface area contributed by atoms with Gasteiger partial charge in [-0.2, -0.15) is 0 Å². The lowest BCUT2D eigenvalue weighted by atomic mass is 9.96. The van der Waals surface area contributed by atoms with E-state index in [1.165, 1.54) is 12.5 Å². The maximum absolute atomic E-state index is 11.8. The molecule has 0 saturated carbocycles. The van der Waals surface area contributed by atoms with Crippen LogP contribution < -0.4 is 0 Å². The summed E-state index contributed by atoms with van der Waals surface area (Å²) in [6.45, 7) is 0. The lowest BCUT2D eigenvalue weighted by Crippen LogP contribution is -2.21. The number of esters is 2. The van der Waals surface area contributed by atoms with Crippen LogP contribution in [0, 0.1) is 0 Å². The number of carbonyl (C=O) groups is 2. The van der Waals surface area contributed by atoms with Crippen LogP contribution in [-0.2, 0) is 9.53 Å². The Morgan fingerprint density at radius 2 is 1.72 bits per heavy atom. The molecule has 0 bridgehead atoms. The summed E-state index contributed by atoms with van der Waals surface area (Å²) in [5.41, 5.74) is 2.07. The van der Waals surface area contributed by atoms with Crippen LogP contribution in [0.1, 0.15) is 21.5 Å². The van der Waals surface area contributed by atoms with Crippen molar-refractivity contribution in [2.24, 2.45) is 0 Å². The number of hydrogen-bond donors (Lipinski definition) is 0. The Labute approximate surface area is 102 Å². The van der Waals surface area contributed by atoms with Gasteiger partial charge in [0.15, 0.2) is 0 Å². The number of rotatable bonds is 1. The molecule has 2 aromatic rings. The van der Waals surface area contributed by atoms with E-state index in [0.29, 0.717) is 16.7 Å². The monoisotopic (exact) mass is 240 g/mol. The number of ether oxygens (including phenoxy) is 1. The van der Waals surface area contributed by atoms with Crippen LogP contribution in [0.15, 0.2) is 47.3 Å². The first kappa shape index (κ1) is 10.5. The second-order valence-electron chi connectivity index (χ2n) is 3.84. The van der Waals surface area contributed by atoms with E-state index in [1.807, 2.05) is 0 Å². The third-order valence-corrected chi connectivity index (χ3v) is 2.70. The summed E-state index contributed by atoms with van der Waals surface area (Å²) < 4.78 is 9.63. The highest BCUT2D eigenvalue weighted by atomic mass is 16.6. The van der Waals surface area contributed by atoms with E-state index in [0.717, 1.165) is 5.56 Å². The van der Waals surface area contributed by atoms with Crippen LogP contribution in [0.2, 0.25) is 0 Å². The molecule has 0 spiro atoms. The smallest absolute Gasteiger partial charge is 0.346 e. The average molecular weight is 240 g/mol. The summed E-state index contributed by atoms with van der Waals surface area (Å²) in [4.78, 5) is 23.3. The Hall–Kier alpha value is -2.62. The Bertz CT molecular complexity index is 650. The molecule has 0 radical (unpaired) electrons. The molecule has 1 aromatic heterocycles. The molecule has 0 fully saturated rings. The molecule has 0 saturated heterocycles. The number of cyclic esters (lactones) is 2. The second-order valence-corrected chi connectivity index (χ2v) is 3.84. The molecule has 3 rings (SSSR count). The zero-order valence-electron chi connectivity index (χ0n) is 9.25. The largest absolute Gasteiger partial charge is 0.472 e. The molecule has 1 aromatic carbocycles. The molecule has 0 atom stereocenters. The van der Waals surface area contributed by atoms with Crippen molar-refractivity contribution in [1.82, 2.24) is 0 Å². The summed E-state index contributed by atoms with van der Waals surface area (Å²) in [5.74, 6) is -1.25. The Kier molecular flexibility index (Phi) is 2.34. The van der Waals surface area contributed by atoms with Crippen molar-refractivity contribution in [3.63, 3.8) is 0 Å². The molecule has 4 heteroatoms. The molecular weight excluding hydrogens is 232 g/mol. The van der Waals surface area contributed by atoms with Crippen LogP contribution in [0.5, 0.6) is 0 Å². The Morgan fingerprint density at radius 3 is 2.44 bits per heavy atom. The summed E-state index contributed by atoms with van der Waals surface area (Å²) in [5, 5.41) is 0. The van der Waals surface area contributed by atoms with Gasteiger partial charge in [0.2, 0.25) is 0 Å². The van der Waals surface area contributed by atoms with Gasteiger partial charge in [0, 0.05) is 11.1 Å². The Morgan fingerprint density at radius 1 is 0.944 bits per heavy atom. The van der Waals surface area contributed by atoms with Gasteiger partial charge in [-0.15, -0.1) is 0 Å². The van der Waals surface area contributed by atoms with Gasteiger partial charge in [0.1, 0.15) is 0 Å². The van der Waals surface area contributed by atoms with Gasteiger partial charge in [-0.1, -0.05) is 18.2 Å². The first-order valence-electron chi connectivity index (χ1n) is 5.35. The highest BCUT2D eigenvalue weighted by Gasteiger charge is 2.29. The molecule has 2 heterocycles. The molecule has 0 N–H and O–H groups in total. The van der Waals surface area contributed by atoms with Crippen molar-refractivity contribution in [1.29, 1.82) is 0 Å². The van der Waals surface area contributed by atoms with Crippen molar-refractivity contribution in [3.8, 4) is 0 Å². The molecule has 0 unspecified atom stereocenters. The fraction of sp³-hybridized carbons (Fsp3) is 0. The quantitative estimate of drug-likeness (QED) is 0.436. The topological polar surface area (TPSA) is 56.5 Å². The zero-order valence-corrected chi connectivity index (χ0v) is 9.25. The highest BCUT2D eigenvalue weighted by Crippen LogP contribution is 2.28. The standard InChI is InChI=1S/C14H8O4/c15-13-11-4-2-1-3-10(11)12(14(16)18-13)7-9-5-6-17-8-9/h1-8H/b12-7+. The molecule has 0 aliphatic carbocycles. The predicted molar refractivity (Wildman–Crippen MR) is 63.4 cm³/mol. The first-order chi connectivity index (χ1) is 8.75. The molecule has 0 amide bonds. The van der Waals surface area contributed by atoms with Gasteiger partial charge in [0.05, 0.1) is 23.7 Å². The SMILES string of the molecule is O=C1OC(=O)c2ccccc2/C1=C\c1ccoc1. The summed E-state index contributed by atoms with van der Waals surface area (Å²) in [6.07, 6.45) is 4.66.